The highest BCUT2D eigenvalue weighted by Crippen LogP contribution is 2.39. The fraction of sp³-hybridized carbons (Fsp3) is 0.385. The maximum Gasteiger partial charge on any atom is 0.295 e. The summed E-state index contributed by atoms with van der Waals surface area (Å²) in [7, 11) is 0. The molecule has 35 heavy (non-hydrogen) atoms. The van der Waals surface area contributed by atoms with E-state index >= 15 is 0 Å². The molecule has 1 atom stereocenters. The number of carbonyl (C=O) groups excluding carboxylic acids is 2. The molecule has 1 fully saturated rings. The minimum atomic E-state index is -0.863. The fourth-order valence-corrected chi connectivity index (χ4v) is 4.14. The Labute approximate surface area is 204 Å². The second-order valence-corrected chi connectivity index (χ2v) is 8.56. The van der Waals surface area contributed by atoms with Crippen molar-refractivity contribution in [2.45, 2.75) is 39.8 Å². The van der Waals surface area contributed by atoms with Gasteiger partial charge in [-0.15, -0.1) is 0 Å². The smallest absolute Gasteiger partial charge is 0.295 e. The van der Waals surface area contributed by atoms with Crippen LogP contribution in [-0.4, -0.2) is 63.8 Å². The normalized spacial score (nSPS) is 17.4. The summed E-state index contributed by atoms with van der Waals surface area (Å²) in [6.45, 7) is 10.2. The molecule has 9 heteroatoms. The lowest BCUT2D eigenvalue weighted by Gasteiger charge is -2.28. The van der Waals surface area contributed by atoms with Crippen LogP contribution in [0.4, 0.5) is 5.69 Å². The minimum absolute atomic E-state index is 0.0206. The van der Waals surface area contributed by atoms with E-state index in [1.54, 1.807) is 24.3 Å². The second kappa shape index (κ2) is 11.1. The molecule has 3 rings (SSSR count). The van der Waals surface area contributed by atoms with Gasteiger partial charge in [-0.05, 0) is 68.9 Å². The van der Waals surface area contributed by atoms with Crippen LogP contribution in [-0.2, 0) is 9.59 Å². The van der Waals surface area contributed by atoms with Gasteiger partial charge in [0.05, 0.1) is 22.6 Å². The van der Waals surface area contributed by atoms with Crippen LogP contribution in [0.3, 0.4) is 0 Å². The predicted molar refractivity (Wildman–Crippen MR) is 132 cm³/mol. The Hall–Kier alpha value is -3.72. The number of benzene rings is 2. The Kier molecular flexibility index (Phi) is 8.24. The lowest BCUT2D eigenvalue weighted by atomic mass is 9.95. The maximum absolute atomic E-state index is 13.1. The number of ketones is 1. The largest absolute Gasteiger partial charge is 0.507 e. The Morgan fingerprint density at radius 3 is 2.20 bits per heavy atom. The zero-order valence-electron chi connectivity index (χ0n) is 20.4. The number of Topliss-reactive ketones (excluding diaryl/α,β-unsaturated/α-hetero) is 1. The molecule has 0 unspecified atom stereocenters. The number of nitrogens with zero attached hydrogens (tertiary/aromatic N) is 3. The van der Waals surface area contributed by atoms with Crippen LogP contribution in [0, 0.1) is 10.1 Å². The Balaban J connectivity index is 2.06. The molecule has 186 valence electrons. The summed E-state index contributed by atoms with van der Waals surface area (Å²) in [6, 6.07) is 11.5. The van der Waals surface area contributed by atoms with Crippen molar-refractivity contribution in [3.8, 4) is 5.75 Å². The number of hydrogen-bond acceptors (Lipinski definition) is 7. The molecule has 2 aromatic carbocycles. The summed E-state index contributed by atoms with van der Waals surface area (Å²) in [4.78, 5) is 40.4. The average molecular weight is 482 g/mol. The molecule has 0 saturated carbocycles. The lowest BCUT2D eigenvalue weighted by molar-refractivity contribution is -0.384. The molecular formula is C26H31N3O6. The van der Waals surface area contributed by atoms with Gasteiger partial charge in [0.1, 0.15) is 11.5 Å². The first-order chi connectivity index (χ1) is 16.7. The first-order valence-corrected chi connectivity index (χ1v) is 11.7. The van der Waals surface area contributed by atoms with Crippen LogP contribution in [0.1, 0.15) is 44.9 Å². The number of nitro benzene ring substituents is 1. The number of amides is 1. The molecule has 0 aliphatic carbocycles. The van der Waals surface area contributed by atoms with Crippen LogP contribution >= 0.6 is 0 Å². The van der Waals surface area contributed by atoms with Crippen molar-refractivity contribution in [3.05, 3.63) is 75.3 Å². The van der Waals surface area contributed by atoms with E-state index in [1.807, 2.05) is 27.7 Å². The molecule has 0 aromatic heterocycles. The van der Waals surface area contributed by atoms with E-state index in [-0.39, 0.29) is 29.7 Å². The zero-order chi connectivity index (χ0) is 25.7. The fourth-order valence-electron chi connectivity index (χ4n) is 4.14. The quantitative estimate of drug-likeness (QED) is 0.178. The first-order valence-electron chi connectivity index (χ1n) is 11.7. The van der Waals surface area contributed by atoms with Crippen LogP contribution in [0.2, 0.25) is 0 Å². The SMILES string of the molecule is CCN(CC)CCN1C(=O)C(=O)/C(=C(/O)c2ccc(OC(C)C)cc2)[C@@H]1c1ccc([N+](=O)[O-])cc1. The van der Waals surface area contributed by atoms with Gasteiger partial charge < -0.3 is 19.6 Å². The van der Waals surface area contributed by atoms with Gasteiger partial charge >= 0.3 is 0 Å². The van der Waals surface area contributed by atoms with Crippen molar-refractivity contribution < 1.29 is 24.4 Å². The minimum Gasteiger partial charge on any atom is -0.507 e. The molecule has 9 nitrogen and oxygen atoms in total. The first kappa shape index (κ1) is 25.9. The van der Waals surface area contributed by atoms with Crippen molar-refractivity contribution in [2.24, 2.45) is 0 Å². The number of aliphatic hydroxyl groups excluding tert-OH is 1. The van der Waals surface area contributed by atoms with Gasteiger partial charge in [-0.25, -0.2) is 0 Å². The molecule has 0 bridgehead atoms. The lowest BCUT2D eigenvalue weighted by Crippen LogP contribution is -2.38. The number of likely N-dealkylation sites (N-methyl/N-ethyl adjacent to an activating group) is 1. The Morgan fingerprint density at radius 2 is 1.69 bits per heavy atom. The summed E-state index contributed by atoms with van der Waals surface area (Å²) in [6.07, 6.45) is -0.0206. The topological polar surface area (TPSA) is 113 Å². The molecule has 1 heterocycles. The molecule has 0 radical (unpaired) electrons. The van der Waals surface area contributed by atoms with Gasteiger partial charge in [0.2, 0.25) is 0 Å². The summed E-state index contributed by atoms with van der Waals surface area (Å²) < 4.78 is 5.64. The third-order valence-electron chi connectivity index (χ3n) is 6.01. The number of rotatable bonds is 10. The molecular weight excluding hydrogens is 450 g/mol. The van der Waals surface area contributed by atoms with E-state index in [0.717, 1.165) is 13.1 Å². The number of carbonyl (C=O) groups is 2. The van der Waals surface area contributed by atoms with E-state index in [4.69, 9.17) is 4.74 Å². The summed E-state index contributed by atoms with van der Waals surface area (Å²) in [5.41, 5.74) is 0.737. The molecule has 1 N–H and O–H groups in total. The molecule has 1 aliphatic rings. The zero-order valence-corrected chi connectivity index (χ0v) is 20.4. The van der Waals surface area contributed by atoms with E-state index in [2.05, 4.69) is 4.90 Å². The van der Waals surface area contributed by atoms with Gasteiger partial charge in [0.15, 0.2) is 0 Å². The van der Waals surface area contributed by atoms with Gasteiger partial charge in [-0.3, -0.25) is 19.7 Å². The Morgan fingerprint density at radius 1 is 1.09 bits per heavy atom. The van der Waals surface area contributed by atoms with Gasteiger partial charge in [-0.2, -0.15) is 0 Å². The summed E-state index contributed by atoms with van der Waals surface area (Å²) in [5.74, 6) is -1.17. The van der Waals surface area contributed by atoms with Crippen LogP contribution in [0.25, 0.3) is 5.76 Å². The molecule has 1 saturated heterocycles. The standard InChI is InChI=1S/C26H31N3O6/c1-5-27(6-2)15-16-28-23(18-7-11-20(12-8-18)29(33)34)22(25(31)26(28)32)24(30)19-9-13-21(14-10-19)35-17(3)4/h7-14,17,23,30H,5-6,15-16H2,1-4H3/b24-22+/t23-/m0/s1. The van der Waals surface area contributed by atoms with E-state index in [1.165, 1.54) is 29.2 Å². The average Bonchev–Trinajstić information content (AvgIpc) is 3.09. The third kappa shape index (κ3) is 5.68. The summed E-state index contributed by atoms with van der Waals surface area (Å²) >= 11 is 0. The van der Waals surface area contributed by atoms with Crippen LogP contribution in [0.5, 0.6) is 5.75 Å². The molecule has 1 aliphatic heterocycles. The van der Waals surface area contributed by atoms with Crippen molar-refractivity contribution in [3.63, 3.8) is 0 Å². The molecule has 2 aromatic rings. The van der Waals surface area contributed by atoms with Crippen molar-refractivity contribution in [1.82, 2.24) is 9.80 Å². The number of nitro groups is 1. The van der Waals surface area contributed by atoms with E-state index < -0.39 is 22.7 Å². The number of hydrogen-bond donors (Lipinski definition) is 1. The second-order valence-electron chi connectivity index (χ2n) is 8.56. The van der Waals surface area contributed by atoms with Crippen LogP contribution in [0.15, 0.2) is 54.1 Å². The van der Waals surface area contributed by atoms with Crippen molar-refractivity contribution in [2.75, 3.05) is 26.2 Å². The van der Waals surface area contributed by atoms with Gasteiger partial charge in [-0.1, -0.05) is 13.8 Å². The van der Waals surface area contributed by atoms with Crippen molar-refractivity contribution in [1.29, 1.82) is 0 Å². The monoisotopic (exact) mass is 481 g/mol. The maximum atomic E-state index is 13.1. The highest BCUT2D eigenvalue weighted by molar-refractivity contribution is 6.46. The third-order valence-corrected chi connectivity index (χ3v) is 6.01. The van der Waals surface area contributed by atoms with Gasteiger partial charge in [0, 0.05) is 30.8 Å². The molecule has 1 amide bonds. The Bertz CT molecular complexity index is 1100. The number of non-ortho nitro benzene ring substituents is 1. The molecule has 0 spiro atoms. The number of aliphatic hydroxyl groups is 1. The van der Waals surface area contributed by atoms with Crippen molar-refractivity contribution >= 4 is 23.1 Å². The van der Waals surface area contributed by atoms with Gasteiger partial charge in [0.25, 0.3) is 17.4 Å². The number of likely N-dealkylation sites (tertiary alicyclic amines) is 1. The van der Waals surface area contributed by atoms with E-state index in [9.17, 15) is 24.8 Å². The number of ether oxygens (including phenoxy) is 1. The van der Waals surface area contributed by atoms with Crippen LogP contribution < -0.4 is 4.74 Å². The highest BCUT2D eigenvalue weighted by Gasteiger charge is 2.46. The highest BCUT2D eigenvalue weighted by atomic mass is 16.6. The summed E-state index contributed by atoms with van der Waals surface area (Å²) in [5, 5.41) is 22.3. The van der Waals surface area contributed by atoms with E-state index in [0.29, 0.717) is 23.4 Å². The predicted octanol–water partition coefficient (Wildman–Crippen LogP) is 4.15.